The van der Waals surface area contributed by atoms with Crippen LogP contribution >= 0.6 is 11.6 Å². The molecule has 4 rings (SSSR count). The van der Waals surface area contributed by atoms with E-state index in [1.165, 1.54) is 23.2 Å². The number of hydrogen-bond donors (Lipinski definition) is 1. The van der Waals surface area contributed by atoms with E-state index in [1.807, 2.05) is 0 Å². The lowest BCUT2D eigenvalue weighted by Gasteiger charge is -2.54. The first-order chi connectivity index (χ1) is 18.0. The van der Waals surface area contributed by atoms with Crippen LogP contribution in [0.25, 0.3) is 0 Å². The topological polar surface area (TPSA) is 110 Å². The van der Waals surface area contributed by atoms with Gasteiger partial charge >= 0.3 is 5.97 Å². The quantitative estimate of drug-likeness (QED) is 0.502. The van der Waals surface area contributed by atoms with Crippen molar-refractivity contribution >= 4 is 29.4 Å². The first-order valence-corrected chi connectivity index (χ1v) is 12.5. The number of nitrogens with zero attached hydrogens (tertiary/aromatic N) is 3. The van der Waals surface area contributed by atoms with Crippen LogP contribution in [0.1, 0.15) is 39.3 Å². The van der Waals surface area contributed by atoms with E-state index in [-0.39, 0.29) is 40.9 Å². The second-order valence-corrected chi connectivity index (χ2v) is 10.5. The van der Waals surface area contributed by atoms with Crippen molar-refractivity contribution in [2.75, 3.05) is 47.9 Å². The van der Waals surface area contributed by atoms with E-state index >= 15 is 0 Å². The molecule has 2 aliphatic rings. The molecule has 1 aromatic heterocycles. The molecule has 0 saturated heterocycles. The maximum Gasteiger partial charge on any atom is 0.325 e. The van der Waals surface area contributed by atoms with Crippen molar-refractivity contribution in [3.05, 3.63) is 62.3 Å². The maximum absolute atomic E-state index is 14.3. The fraction of sp³-hybridized carbons (Fsp3) is 0.462. The predicted octanol–water partition coefficient (Wildman–Crippen LogP) is 1.88. The fourth-order valence-electron chi connectivity index (χ4n) is 5.25. The summed E-state index contributed by atoms with van der Waals surface area (Å²) < 4.78 is 26.7. The van der Waals surface area contributed by atoms with Crippen LogP contribution in [0.15, 0.2) is 29.2 Å². The summed E-state index contributed by atoms with van der Waals surface area (Å²) in [6, 6.07) is 4.39. The summed E-state index contributed by atoms with van der Waals surface area (Å²) in [4.78, 5) is 55.6. The average molecular weight is 549 g/mol. The summed E-state index contributed by atoms with van der Waals surface area (Å²) in [5.74, 6) is -3.01. The van der Waals surface area contributed by atoms with Gasteiger partial charge in [-0.3, -0.25) is 24.1 Å². The molecule has 2 amide bonds. The van der Waals surface area contributed by atoms with Crippen molar-refractivity contribution in [2.24, 2.45) is 5.92 Å². The van der Waals surface area contributed by atoms with E-state index in [9.17, 15) is 23.6 Å². The molecule has 0 bridgehead atoms. The Bertz CT molecular complexity index is 1340. The van der Waals surface area contributed by atoms with Gasteiger partial charge in [0.15, 0.2) is 5.69 Å². The number of methoxy groups -OCH3 is 1. The van der Waals surface area contributed by atoms with Crippen molar-refractivity contribution in [1.29, 1.82) is 0 Å². The molecule has 10 nitrogen and oxygen atoms in total. The number of esters is 1. The van der Waals surface area contributed by atoms with Crippen LogP contribution in [0.4, 0.5) is 4.39 Å². The van der Waals surface area contributed by atoms with Gasteiger partial charge in [-0.1, -0.05) is 23.7 Å². The summed E-state index contributed by atoms with van der Waals surface area (Å²) in [7, 11) is 6.54. The molecule has 1 saturated carbocycles. The summed E-state index contributed by atoms with van der Waals surface area (Å²) in [5, 5.41) is 2.44. The molecule has 1 spiro atoms. The highest BCUT2D eigenvalue weighted by atomic mass is 35.5. The van der Waals surface area contributed by atoms with Crippen molar-refractivity contribution in [3.8, 4) is 5.75 Å². The van der Waals surface area contributed by atoms with Gasteiger partial charge in [-0.05, 0) is 38.9 Å². The van der Waals surface area contributed by atoms with Gasteiger partial charge < -0.3 is 24.3 Å². The largest absolute Gasteiger partial charge is 0.419 e. The minimum atomic E-state index is -0.904. The van der Waals surface area contributed by atoms with E-state index in [2.05, 4.69) is 5.32 Å². The zero-order chi connectivity index (χ0) is 27.8. The predicted molar refractivity (Wildman–Crippen MR) is 137 cm³/mol. The van der Waals surface area contributed by atoms with E-state index in [0.29, 0.717) is 26.0 Å². The fourth-order valence-corrected chi connectivity index (χ4v) is 5.44. The number of fused-ring (bicyclic) bond motifs is 2. The van der Waals surface area contributed by atoms with Crippen LogP contribution in [0, 0.1) is 11.7 Å². The van der Waals surface area contributed by atoms with Crippen molar-refractivity contribution in [1.82, 2.24) is 19.7 Å². The van der Waals surface area contributed by atoms with Crippen molar-refractivity contribution in [3.63, 3.8) is 0 Å². The van der Waals surface area contributed by atoms with E-state index in [4.69, 9.17) is 21.1 Å². The summed E-state index contributed by atoms with van der Waals surface area (Å²) in [5.41, 5.74) is -1.78. The zero-order valence-corrected chi connectivity index (χ0v) is 22.4. The lowest BCUT2D eigenvalue weighted by molar-refractivity contribution is -0.135. The van der Waals surface area contributed by atoms with Crippen LogP contribution in [-0.2, 0) is 21.6 Å². The Morgan fingerprint density at radius 2 is 1.97 bits per heavy atom. The monoisotopic (exact) mass is 548 g/mol. The second-order valence-electron chi connectivity index (χ2n) is 10.1. The van der Waals surface area contributed by atoms with Gasteiger partial charge in [-0.25, -0.2) is 4.39 Å². The molecule has 204 valence electrons. The Morgan fingerprint density at radius 3 is 2.63 bits per heavy atom. The lowest BCUT2D eigenvalue weighted by Crippen LogP contribution is -2.60. The number of benzene rings is 1. The van der Waals surface area contributed by atoms with Crippen molar-refractivity contribution in [2.45, 2.75) is 24.9 Å². The van der Waals surface area contributed by atoms with Crippen LogP contribution in [0.3, 0.4) is 0 Å². The first-order valence-electron chi connectivity index (χ1n) is 12.1. The SMILES string of the molecule is COCC1CC2(C1)CN(C)C(=O)c1c(OC(=O)CN(C)C)c(=O)c(C(=O)NCc3cccc(Cl)c3F)cn12. The molecule has 1 N–H and O–H groups in total. The number of aromatic nitrogens is 1. The van der Waals surface area contributed by atoms with Crippen molar-refractivity contribution < 1.29 is 28.2 Å². The second kappa shape index (κ2) is 10.8. The van der Waals surface area contributed by atoms with Crippen LogP contribution < -0.4 is 15.5 Å². The molecule has 38 heavy (non-hydrogen) atoms. The number of pyridine rings is 1. The van der Waals surface area contributed by atoms with Gasteiger partial charge in [-0.2, -0.15) is 0 Å². The third kappa shape index (κ3) is 5.18. The number of ether oxygens (including phenoxy) is 2. The molecule has 1 aromatic carbocycles. The Morgan fingerprint density at radius 1 is 1.26 bits per heavy atom. The Hall–Kier alpha value is -3.28. The third-order valence-corrected chi connectivity index (χ3v) is 7.17. The number of halogens is 2. The highest BCUT2D eigenvalue weighted by molar-refractivity contribution is 6.30. The number of rotatable bonds is 8. The number of hydrogen-bond acceptors (Lipinski definition) is 7. The average Bonchev–Trinajstić information content (AvgIpc) is 2.82. The molecule has 2 heterocycles. The lowest BCUT2D eigenvalue weighted by atomic mass is 9.67. The van der Waals surface area contributed by atoms with Crippen LogP contribution in [-0.4, -0.2) is 80.1 Å². The van der Waals surface area contributed by atoms with Gasteiger partial charge in [0.1, 0.15) is 11.4 Å². The molecule has 0 atom stereocenters. The van der Waals surface area contributed by atoms with E-state index in [1.54, 1.807) is 43.8 Å². The van der Waals surface area contributed by atoms with Gasteiger partial charge in [0.25, 0.3) is 11.8 Å². The standard InChI is InChI=1S/C26H30ClFN4O6/c1-30(2)12-19(33)38-23-21-25(36)31(3)14-26(8-15(9-26)13-37-4)32(21)11-17(22(23)34)24(35)29-10-16-6-5-7-18(27)20(16)28/h5-7,11,15H,8-10,12-14H2,1-4H3,(H,29,35). The normalized spacial score (nSPS) is 20.3. The van der Waals surface area contributed by atoms with Gasteiger partial charge in [-0.15, -0.1) is 0 Å². The first kappa shape index (κ1) is 27.7. The maximum atomic E-state index is 14.3. The zero-order valence-electron chi connectivity index (χ0n) is 21.7. The minimum absolute atomic E-state index is 0.0795. The molecule has 0 radical (unpaired) electrons. The third-order valence-electron chi connectivity index (χ3n) is 6.87. The molecule has 0 unspecified atom stereocenters. The molecule has 12 heteroatoms. The Labute approximate surface area is 224 Å². The molecule has 1 aliphatic heterocycles. The molecular weight excluding hydrogens is 519 g/mol. The highest BCUT2D eigenvalue weighted by Gasteiger charge is 2.52. The molecular formula is C26H30ClFN4O6. The summed E-state index contributed by atoms with van der Waals surface area (Å²) >= 11 is 5.83. The number of amides is 2. The van der Waals surface area contributed by atoms with Gasteiger partial charge in [0.05, 0.1) is 17.1 Å². The Balaban J connectivity index is 1.78. The minimum Gasteiger partial charge on any atom is -0.419 e. The van der Waals surface area contributed by atoms with Crippen LogP contribution in [0.2, 0.25) is 5.02 Å². The molecule has 2 aromatic rings. The number of carbonyl (C=O) groups excluding carboxylic acids is 3. The molecule has 1 fully saturated rings. The molecule has 1 aliphatic carbocycles. The van der Waals surface area contributed by atoms with Crippen LogP contribution in [0.5, 0.6) is 5.75 Å². The van der Waals surface area contributed by atoms with Gasteiger partial charge in [0, 0.05) is 45.6 Å². The van der Waals surface area contributed by atoms with E-state index < -0.39 is 40.3 Å². The van der Waals surface area contributed by atoms with E-state index in [0.717, 1.165) is 0 Å². The number of nitrogens with one attached hydrogen (secondary N) is 1. The Kier molecular flexibility index (Phi) is 7.91. The summed E-state index contributed by atoms with van der Waals surface area (Å²) in [6.07, 6.45) is 2.61. The number of likely N-dealkylation sites (N-methyl/N-ethyl adjacent to an activating group) is 2. The number of carbonyl (C=O) groups is 3. The highest BCUT2D eigenvalue weighted by Crippen LogP contribution is 2.48. The van der Waals surface area contributed by atoms with Gasteiger partial charge in [0.2, 0.25) is 11.2 Å². The smallest absolute Gasteiger partial charge is 0.325 e. The summed E-state index contributed by atoms with van der Waals surface area (Å²) in [6.45, 7) is 0.499.